The van der Waals surface area contributed by atoms with E-state index in [2.05, 4.69) is 0 Å². The Bertz CT molecular complexity index is 470. The van der Waals surface area contributed by atoms with Gasteiger partial charge in [-0.25, -0.2) is 0 Å². The van der Waals surface area contributed by atoms with E-state index in [1.54, 1.807) is 60.7 Å². The Hall–Kier alpha value is 0.0797. The average molecular weight is 322 g/mol. The molecule has 0 aliphatic heterocycles. The summed E-state index contributed by atoms with van der Waals surface area (Å²) in [7, 11) is -5.42. The summed E-state index contributed by atoms with van der Waals surface area (Å²) in [6.07, 6.45) is 0. The van der Waals surface area contributed by atoms with Crippen molar-refractivity contribution in [3.05, 3.63) is 60.7 Å². The molecule has 0 aliphatic carbocycles. The van der Waals surface area contributed by atoms with Crippen LogP contribution in [0.1, 0.15) is 0 Å². The van der Waals surface area contributed by atoms with E-state index in [0.29, 0.717) is 10.6 Å². The predicted octanol–water partition coefficient (Wildman–Crippen LogP) is -0.0870. The monoisotopic (exact) mass is 322 g/mol. The molecule has 2 aromatic carbocycles. The predicted molar refractivity (Wildman–Crippen MR) is 75.9 cm³/mol. The normalized spacial score (nSPS) is 12.3. The van der Waals surface area contributed by atoms with E-state index in [4.69, 9.17) is 0 Å². The second kappa shape index (κ2) is 10.8. The number of hydrogen-bond donors (Lipinski definition) is 0. The minimum absolute atomic E-state index is 0. The molecule has 0 aromatic heterocycles. The molecular formula is C12H12CaO4P2. The first-order valence-electron chi connectivity index (χ1n) is 5.14. The number of benzene rings is 2. The maximum absolute atomic E-state index is 10.3. The quantitative estimate of drug-likeness (QED) is 0.572. The first kappa shape index (κ1) is 19.1. The molecule has 2 rings (SSSR count). The topological polar surface area (TPSA) is 80.3 Å². The maximum Gasteiger partial charge on any atom is 2.00 e. The van der Waals surface area contributed by atoms with Gasteiger partial charge in [-0.1, -0.05) is 60.7 Å². The van der Waals surface area contributed by atoms with Crippen molar-refractivity contribution in [2.75, 3.05) is 0 Å². The van der Waals surface area contributed by atoms with Gasteiger partial charge in [0.2, 0.25) is 0 Å². The minimum atomic E-state index is -2.71. The molecule has 2 unspecified atom stereocenters. The minimum Gasteiger partial charge on any atom is -0.798 e. The van der Waals surface area contributed by atoms with Crippen LogP contribution in [0.2, 0.25) is 0 Å². The molecule has 0 amide bonds. The summed E-state index contributed by atoms with van der Waals surface area (Å²) in [5.41, 5.74) is 0. The first-order valence-corrected chi connectivity index (χ1v) is 7.77. The Morgan fingerprint density at radius 3 is 1.05 bits per heavy atom. The molecule has 19 heavy (non-hydrogen) atoms. The Labute approximate surface area is 143 Å². The molecule has 0 aliphatic rings. The van der Waals surface area contributed by atoms with E-state index in [0.717, 1.165) is 0 Å². The van der Waals surface area contributed by atoms with Crippen molar-refractivity contribution in [3.63, 3.8) is 0 Å². The van der Waals surface area contributed by atoms with Gasteiger partial charge in [0.25, 0.3) is 0 Å². The van der Waals surface area contributed by atoms with Gasteiger partial charge in [0.1, 0.15) is 0 Å². The summed E-state index contributed by atoms with van der Waals surface area (Å²) in [4.78, 5) is 20.6. The summed E-state index contributed by atoms with van der Waals surface area (Å²) < 4.78 is 20.6. The molecule has 4 nitrogen and oxygen atoms in total. The zero-order valence-corrected chi connectivity index (χ0v) is 14.3. The van der Waals surface area contributed by atoms with E-state index >= 15 is 0 Å². The Morgan fingerprint density at radius 2 is 0.895 bits per heavy atom. The van der Waals surface area contributed by atoms with Gasteiger partial charge >= 0.3 is 37.7 Å². The SMILES string of the molecule is O=[PH]([O-])c1ccccc1.O=[PH]([O-])c1ccccc1.[Ca+2]. The molecule has 0 radical (unpaired) electrons. The summed E-state index contributed by atoms with van der Waals surface area (Å²) in [5.74, 6) is 0. The van der Waals surface area contributed by atoms with Crippen molar-refractivity contribution >= 4 is 64.4 Å². The number of hydrogen-bond acceptors (Lipinski definition) is 4. The van der Waals surface area contributed by atoms with Crippen LogP contribution < -0.4 is 20.4 Å². The van der Waals surface area contributed by atoms with Crippen LogP contribution in [-0.4, -0.2) is 37.7 Å². The molecule has 7 heteroatoms. The van der Waals surface area contributed by atoms with Crippen molar-refractivity contribution in [1.82, 2.24) is 0 Å². The molecule has 2 atom stereocenters. The van der Waals surface area contributed by atoms with Crippen LogP contribution in [0, 0.1) is 0 Å². The van der Waals surface area contributed by atoms with Crippen molar-refractivity contribution in [3.8, 4) is 0 Å². The largest absolute Gasteiger partial charge is 2.00 e. The van der Waals surface area contributed by atoms with Gasteiger partial charge in [0, 0.05) is 16.1 Å². The fourth-order valence-corrected chi connectivity index (χ4v) is 2.08. The average Bonchev–Trinajstić information content (AvgIpc) is 2.41. The molecule has 0 spiro atoms. The van der Waals surface area contributed by atoms with Crippen LogP contribution in [0.25, 0.3) is 0 Å². The van der Waals surface area contributed by atoms with Crippen LogP contribution in [0.3, 0.4) is 0 Å². The van der Waals surface area contributed by atoms with Crippen molar-refractivity contribution in [2.24, 2.45) is 0 Å². The van der Waals surface area contributed by atoms with Crippen LogP contribution in [-0.2, 0) is 9.13 Å². The Kier molecular flexibility index (Phi) is 10.9. The third-order valence-corrected chi connectivity index (χ3v) is 3.63. The van der Waals surface area contributed by atoms with E-state index in [1.807, 2.05) is 0 Å². The summed E-state index contributed by atoms with van der Waals surface area (Å²) >= 11 is 0. The van der Waals surface area contributed by atoms with Gasteiger partial charge in [0.15, 0.2) is 0 Å². The fraction of sp³-hybridized carbons (Fsp3) is 0. The first-order chi connectivity index (χ1) is 8.61. The molecule has 0 heterocycles. The standard InChI is InChI=1S/2C6H7O2P.Ca/c2*7-9(8)6-4-2-1-3-5-6;/h2*1-5,9H,(H,7,8);/q;;+2/p-2. The molecule has 0 N–H and O–H groups in total. The smallest absolute Gasteiger partial charge is 0.798 e. The zero-order valence-electron chi connectivity index (χ0n) is 10.1. The van der Waals surface area contributed by atoms with Crippen molar-refractivity contribution in [1.29, 1.82) is 0 Å². The van der Waals surface area contributed by atoms with Crippen LogP contribution in [0.15, 0.2) is 60.7 Å². The van der Waals surface area contributed by atoms with Crippen molar-refractivity contribution in [2.45, 2.75) is 0 Å². The second-order valence-electron chi connectivity index (χ2n) is 3.31. The van der Waals surface area contributed by atoms with E-state index in [9.17, 15) is 18.9 Å². The van der Waals surface area contributed by atoms with Gasteiger partial charge < -0.3 is 18.9 Å². The van der Waals surface area contributed by atoms with Crippen molar-refractivity contribution < 1.29 is 18.9 Å². The third kappa shape index (κ3) is 8.06. The van der Waals surface area contributed by atoms with E-state index in [-0.39, 0.29) is 37.7 Å². The van der Waals surface area contributed by atoms with E-state index < -0.39 is 16.1 Å². The summed E-state index contributed by atoms with van der Waals surface area (Å²) in [5, 5.41) is 0.810. The van der Waals surface area contributed by atoms with Crippen LogP contribution in [0.4, 0.5) is 0 Å². The van der Waals surface area contributed by atoms with Gasteiger partial charge in [-0.3, -0.25) is 0 Å². The third-order valence-electron chi connectivity index (χ3n) is 2.02. The molecule has 0 saturated heterocycles. The Morgan fingerprint density at radius 1 is 0.632 bits per heavy atom. The molecular weight excluding hydrogens is 310 g/mol. The summed E-state index contributed by atoms with van der Waals surface area (Å²) in [6, 6.07) is 16.7. The molecule has 0 bridgehead atoms. The summed E-state index contributed by atoms with van der Waals surface area (Å²) in [6.45, 7) is 0. The van der Waals surface area contributed by atoms with Crippen LogP contribution in [0.5, 0.6) is 0 Å². The zero-order chi connectivity index (χ0) is 13.4. The second-order valence-corrected chi connectivity index (χ2v) is 5.61. The van der Waals surface area contributed by atoms with E-state index in [1.165, 1.54) is 0 Å². The molecule has 2 aromatic rings. The molecule has 96 valence electrons. The maximum atomic E-state index is 10.3. The van der Waals surface area contributed by atoms with Crippen LogP contribution >= 0.6 is 16.1 Å². The molecule has 0 fully saturated rings. The Balaban J connectivity index is 0.000000324. The number of rotatable bonds is 2. The molecule has 0 saturated carbocycles. The fourth-order valence-electron chi connectivity index (χ4n) is 1.15. The van der Waals surface area contributed by atoms with Gasteiger partial charge in [-0.2, -0.15) is 0 Å². The van der Waals surface area contributed by atoms with Gasteiger partial charge in [0.05, 0.1) is 0 Å². The van der Waals surface area contributed by atoms with Gasteiger partial charge in [-0.15, -0.1) is 0 Å². The van der Waals surface area contributed by atoms with Gasteiger partial charge in [-0.05, 0) is 10.6 Å².